The molecule has 0 aliphatic carbocycles. The number of carbonyl (C=O) groups excluding carboxylic acids is 3. The van der Waals surface area contributed by atoms with E-state index in [2.05, 4.69) is 10.3 Å². The molecule has 1 aromatic carbocycles. The van der Waals surface area contributed by atoms with E-state index in [1.54, 1.807) is 36.5 Å². The quantitative estimate of drug-likeness (QED) is 0.619. The van der Waals surface area contributed by atoms with Crippen LogP contribution in [0.2, 0.25) is 0 Å². The van der Waals surface area contributed by atoms with Crippen LogP contribution < -0.4 is 25.4 Å². The highest BCUT2D eigenvalue weighted by Crippen LogP contribution is 2.28. The van der Waals surface area contributed by atoms with Crippen LogP contribution in [-0.4, -0.2) is 49.4 Å². The van der Waals surface area contributed by atoms with Gasteiger partial charge in [-0.25, -0.2) is 4.98 Å². The molecule has 1 aliphatic rings. The van der Waals surface area contributed by atoms with Crippen LogP contribution in [-0.2, 0) is 9.59 Å². The van der Waals surface area contributed by atoms with Gasteiger partial charge >= 0.3 is 0 Å². The lowest BCUT2D eigenvalue weighted by Crippen LogP contribution is -2.41. The first-order valence-electron chi connectivity index (χ1n) is 9.99. The summed E-state index contributed by atoms with van der Waals surface area (Å²) in [5.74, 6) is 0.560. The van der Waals surface area contributed by atoms with Crippen LogP contribution in [0.5, 0.6) is 11.5 Å². The fourth-order valence-electron chi connectivity index (χ4n) is 3.41. The second kappa shape index (κ2) is 9.92. The van der Waals surface area contributed by atoms with Crippen LogP contribution in [0, 0.1) is 5.92 Å². The highest BCUT2D eigenvalue weighted by molar-refractivity contribution is 5.95. The van der Waals surface area contributed by atoms with Gasteiger partial charge in [0.25, 0.3) is 5.91 Å². The number of amides is 2. The minimum absolute atomic E-state index is 0.0896. The molecule has 3 N–H and O–H groups in total. The highest BCUT2D eigenvalue weighted by Gasteiger charge is 2.24. The third kappa shape index (κ3) is 5.71. The molecule has 0 radical (unpaired) electrons. The van der Waals surface area contributed by atoms with Crippen molar-refractivity contribution in [2.75, 3.05) is 37.0 Å². The first-order chi connectivity index (χ1) is 14.9. The maximum atomic E-state index is 12.2. The predicted octanol–water partition coefficient (Wildman–Crippen LogP) is 2.01. The number of pyridine rings is 1. The van der Waals surface area contributed by atoms with E-state index in [9.17, 15) is 14.4 Å². The zero-order valence-corrected chi connectivity index (χ0v) is 17.6. The molecule has 9 heteroatoms. The van der Waals surface area contributed by atoms with Gasteiger partial charge in [0.15, 0.2) is 23.9 Å². The van der Waals surface area contributed by atoms with Crippen LogP contribution in [0.4, 0.5) is 11.5 Å². The second-order valence-corrected chi connectivity index (χ2v) is 7.35. The molecule has 3 rings (SSSR count). The largest absolute Gasteiger partial charge is 0.493 e. The van der Waals surface area contributed by atoms with Gasteiger partial charge in [0.2, 0.25) is 5.91 Å². The number of ketones is 1. The third-order valence-electron chi connectivity index (χ3n) is 5.11. The number of nitrogens with one attached hydrogen (secondary N) is 1. The van der Waals surface area contributed by atoms with E-state index in [-0.39, 0.29) is 30.1 Å². The first kappa shape index (κ1) is 22.1. The van der Waals surface area contributed by atoms with Crippen molar-refractivity contribution in [2.45, 2.75) is 19.8 Å². The van der Waals surface area contributed by atoms with Crippen molar-refractivity contribution in [3.05, 3.63) is 42.1 Å². The Kier molecular flexibility index (Phi) is 7.07. The van der Waals surface area contributed by atoms with Gasteiger partial charge in [-0.2, -0.15) is 0 Å². The fraction of sp³-hybridized carbons (Fsp3) is 0.364. The van der Waals surface area contributed by atoms with Crippen molar-refractivity contribution in [3.63, 3.8) is 0 Å². The molecule has 0 spiro atoms. The fourth-order valence-corrected chi connectivity index (χ4v) is 3.41. The summed E-state index contributed by atoms with van der Waals surface area (Å²) in [6.07, 6.45) is 3.23. The van der Waals surface area contributed by atoms with Crippen LogP contribution >= 0.6 is 0 Å². The van der Waals surface area contributed by atoms with Gasteiger partial charge in [-0.05, 0) is 50.1 Å². The maximum Gasteiger partial charge on any atom is 0.262 e. The number of rotatable bonds is 8. The smallest absolute Gasteiger partial charge is 0.262 e. The average Bonchev–Trinajstić information content (AvgIpc) is 2.78. The number of methoxy groups -OCH3 is 1. The van der Waals surface area contributed by atoms with Crippen molar-refractivity contribution >= 4 is 29.1 Å². The van der Waals surface area contributed by atoms with Crippen molar-refractivity contribution in [1.29, 1.82) is 0 Å². The summed E-state index contributed by atoms with van der Waals surface area (Å²) in [5.41, 5.74) is 6.45. The Balaban J connectivity index is 1.55. The number of benzene rings is 1. The summed E-state index contributed by atoms with van der Waals surface area (Å²) >= 11 is 0. The zero-order chi connectivity index (χ0) is 22.4. The number of piperidine rings is 1. The summed E-state index contributed by atoms with van der Waals surface area (Å²) in [4.78, 5) is 41.6. The summed E-state index contributed by atoms with van der Waals surface area (Å²) < 4.78 is 10.8. The van der Waals surface area contributed by atoms with Gasteiger partial charge in [0.05, 0.1) is 24.9 Å². The van der Waals surface area contributed by atoms with E-state index in [1.807, 2.05) is 4.90 Å². The molecule has 9 nitrogen and oxygen atoms in total. The minimum atomic E-state index is -0.362. The lowest BCUT2D eigenvalue weighted by Gasteiger charge is -2.32. The van der Waals surface area contributed by atoms with E-state index in [0.29, 0.717) is 29.3 Å². The monoisotopic (exact) mass is 426 g/mol. The Hall–Kier alpha value is -3.62. The summed E-state index contributed by atoms with van der Waals surface area (Å²) in [7, 11) is 1.47. The molecule has 2 amide bonds. The third-order valence-corrected chi connectivity index (χ3v) is 5.11. The molecule has 31 heavy (non-hydrogen) atoms. The van der Waals surface area contributed by atoms with E-state index in [1.165, 1.54) is 14.0 Å². The van der Waals surface area contributed by atoms with Crippen molar-refractivity contribution in [3.8, 4) is 11.5 Å². The van der Waals surface area contributed by atoms with E-state index < -0.39 is 0 Å². The first-order valence-corrected chi connectivity index (χ1v) is 9.99. The minimum Gasteiger partial charge on any atom is -0.493 e. The molecule has 0 saturated carbocycles. The standard InChI is InChI=1S/C22H26N4O5/c1-14(27)15-5-7-18(19(10-15)30-2)31-13-21(28)25-17-6-8-20(24-11-17)26-9-3-4-16(12-26)22(23)29/h5-8,10-11,16H,3-4,9,12-13H2,1-2H3,(H2,23,29)(H,25,28). The zero-order valence-electron chi connectivity index (χ0n) is 17.6. The number of primary amides is 1. The molecule has 164 valence electrons. The Labute approximate surface area is 180 Å². The number of hydrogen-bond donors (Lipinski definition) is 2. The van der Waals surface area contributed by atoms with Gasteiger partial charge in [0, 0.05) is 18.7 Å². The number of Topliss-reactive ketones (excluding diaryl/α,β-unsaturated/α-hetero) is 1. The normalized spacial score (nSPS) is 15.8. The molecular weight excluding hydrogens is 400 g/mol. The van der Waals surface area contributed by atoms with Crippen molar-refractivity contribution in [2.24, 2.45) is 11.7 Å². The van der Waals surface area contributed by atoms with Gasteiger partial charge in [0.1, 0.15) is 5.82 Å². The molecular formula is C22H26N4O5. The number of carbonyl (C=O) groups is 3. The van der Waals surface area contributed by atoms with Gasteiger partial charge < -0.3 is 25.4 Å². The van der Waals surface area contributed by atoms with E-state index in [4.69, 9.17) is 15.2 Å². The highest BCUT2D eigenvalue weighted by atomic mass is 16.5. The Bertz CT molecular complexity index is 961. The number of ether oxygens (including phenoxy) is 2. The molecule has 1 atom stereocenters. The lowest BCUT2D eigenvalue weighted by atomic mass is 9.97. The number of aromatic nitrogens is 1. The Morgan fingerprint density at radius 3 is 2.68 bits per heavy atom. The SMILES string of the molecule is COc1cc(C(C)=O)ccc1OCC(=O)Nc1ccc(N2CCCC(C(N)=O)C2)nc1. The number of hydrogen-bond acceptors (Lipinski definition) is 7. The van der Waals surface area contributed by atoms with E-state index in [0.717, 1.165) is 25.2 Å². The van der Waals surface area contributed by atoms with Crippen LogP contribution in [0.1, 0.15) is 30.1 Å². The number of nitrogens with two attached hydrogens (primary N) is 1. The molecule has 2 heterocycles. The number of anilines is 2. The average molecular weight is 426 g/mol. The lowest BCUT2D eigenvalue weighted by molar-refractivity contribution is -0.122. The molecule has 1 fully saturated rings. The van der Waals surface area contributed by atoms with Crippen molar-refractivity contribution in [1.82, 2.24) is 4.98 Å². The molecule has 0 bridgehead atoms. The molecule has 1 aromatic heterocycles. The van der Waals surface area contributed by atoms with Crippen molar-refractivity contribution < 1.29 is 23.9 Å². The molecule has 1 aliphatic heterocycles. The van der Waals surface area contributed by atoms with Crippen LogP contribution in [0.3, 0.4) is 0 Å². The molecule has 1 unspecified atom stereocenters. The second-order valence-electron chi connectivity index (χ2n) is 7.35. The number of nitrogens with zero attached hydrogens (tertiary/aromatic N) is 2. The topological polar surface area (TPSA) is 124 Å². The maximum absolute atomic E-state index is 12.2. The molecule has 2 aromatic rings. The summed E-state index contributed by atoms with van der Waals surface area (Å²) in [6, 6.07) is 8.32. The van der Waals surface area contributed by atoms with Crippen LogP contribution in [0.15, 0.2) is 36.5 Å². The van der Waals surface area contributed by atoms with Crippen LogP contribution in [0.25, 0.3) is 0 Å². The van der Waals surface area contributed by atoms with E-state index >= 15 is 0 Å². The summed E-state index contributed by atoms with van der Waals surface area (Å²) in [6.45, 7) is 2.58. The van der Waals surface area contributed by atoms with Gasteiger partial charge in [-0.15, -0.1) is 0 Å². The Morgan fingerprint density at radius 1 is 1.23 bits per heavy atom. The van der Waals surface area contributed by atoms with Gasteiger partial charge in [-0.3, -0.25) is 14.4 Å². The Morgan fingerprint density at radius 2 is 2.03 bits per heavy atom. The summed E-state index contributed by atoms with van der Waals surface area (Å²) in [5, 5.41) is 2.72. The predicted molar refractivity (Wildman–Crippen MR) is 115 cm³/mol. The molecule has 1 saturated heterocycles. The van der Waals surface area contributed by atoms with Gasteiger partial charge in [-0.1, -0.05) is 0 Å².